The van der Waals surface area contributed by atoms with Crippen molar-refractivity contribution in [3.63, 3.8) is 0 Å². The summed E-state index contributed by atoms with van der Waals surface area (Å²) in [7, 11) is 0. The Balaban J connectivity index is 2.23. The van der Waals surface area contributed by atoms with Crippen LogP contribution in [0.15, 0.2) is 18.2 Å². The van der Waals surface area contributed by atoms with E-state index in [1.165, 1.54) is 6.42 Å². The summed E-state index contributed by atoms with van der Waals surface area (Å²) in [6.07, 6.45) is 1.90. The fourth-order valence-corrected chi connectivity index (χ4v) is 3.30. The number of anilines is 1. The van der Waals surface area contributed by atoms with Crippen molar-refractivity contribution >= 4 is 17.4 Å². The number of nitrogen functional groups attached to an aromatic ring is 1. The molecule has 1 heterocycles. The molecule has 0 aromatic heterocycles. The maximum absolute atomic E-state index is 10.2. The number of aliphatic hydroxyl groups is 1. The Labute approximate surface area is 94.9 Å². The van der Waals surface area contributed by atoms with Crippen LogP contribution < -0.4 is 5.73 Å². The highest BCUT2D eigenvalue weighted by molar-refractivity contribution is 8.00. The highest BCUT2D eigenvalue weighted by atomic mass is 32.2. The summed E-state index contributed by atoms with van der Waals surface area (Å²) in [6, 6.07) is 5.86. The number of aliphatic hydroxyl groups excluding tert-OH is 1. The molecule has 3 heteroatoms. The van der Waals surface area contributed by atoms with Crippen molar-refractivity contribution in [2.45, 2.75) is 31.1 Å². The average Bonchev–Trinajstić information content (AvgIpc) is 2.74. The van der Waals surface area contributed by atoms with Crippen molar-refractivity contribution in [1.82, 2.24) is 0 Å². The standard InChI is InChI=1S/C12H17NOS/c1-8-4-5-10(13)9(7-8)12(14)11-3-2-6-15-11/h4-5,7,11-12,14H,2-3,6,13H2,1H3. The molecule has 2 atom stereocenters. The van der Waals surface area contributed by atoms with Gasteiger partial charge in [0.1, 0.15) is 0 Å². The van der Waals surface area contributed by atoms with Gasteiger partial charge in [0, 0.05) is 16.5 Å². The molecule has 1 fully saturated rings. The smallest absolute Gasteiger partial charge is 0.0928 e. The zero-order valence-electron chi connectivity index (χ0n) is 8.94. The van der Waals surface area contributed by atoms with E-state index in [1.807, 2.05) is 36.9 Å². The quantitative estimate of drug-likeness (QED) is 0.757. The number of hydrogen-bond acceptors (Lipinski definition) is 3. The Kier molecular flexibility index (Phi) is 3.22. The molecule has 1 aliphatic rings. The molecule has 0 aliphatic carbocycles. The molecule has 0 saturated carbocycles. The van der Waals surface area contributed by atoms with E-state index in [1.54, 1.807) is 0 Å². The second-order valence-corrected chi connectivity index (χ2v) is 5.48. The number of aryl methyl sites for hydroxylation is 1. The lowest BCUT2D eigenvalue weighted by molar-refractivity contribution is 0.174. The fourth-order valence-electron chi connectivity index (χ4n) is 2.00. The van der Waals surface area contributed by atoms with E-state index in [0.29, 0.717) is 10.9 Å². The van der Waals surface area contributed by atoms with Crippen molar-refractivity contribution in [3.05, 3.63) is 29.3 Å². The highest BCUT2D eigenvalue weighted by Crippen LogP contribution is 2.37. The minimum absolute atomic E-state index is 0.328. The lowest BCUT2D eigenvalue weighted by Gasteiger charge is -2.19. The van der Waals surface area contributed by atoms with Gasteiger partial charge >= 0.3 is 0 Å². The van der Waals surface area contributed by atoms with Gasteiger partial charge in [-0.25, -0.2) is 0 Å². The van der Waals surface area contributed by atoms with E-state index in [-0.39, 0.29) is 0 Å². The molecule has 2 unspecified atom stereocenters. The Morgan fingerprint density at radius 1 is 1.53 bits per heavy atom. The Hall–Kier alpha value is -0.670. The van der Waals surface area contributed by atoms with Crippen molar-refractivity contribution in [2.75, 3.05) is 11.5 Å². The third-order valence-corrected chi connectivity index (χ3v) is 4.32. The van der Waals surface area contributed by atoms with Crippen molar-refractivity contribution in [1.29, 1.82) is 0 Å². The second-order valence-electron chi connectivity index (χ2n) is 4.13. The van der Waals surface area contributed by atoms with Crippen LogP contribution in [0.3, 0.4) is 0 Å². The molecule has 0 amide bonds. The Bertz CT molecular complexity index is 347. The molecular weight excluding hydrogens is 206 g/mol. The molecule has 1 aromatic carbocycles. The summed E-state index contributed by atoms with van der Waals surface area (Å²) in [4.78, 5) is 0. The van der Waals surface area contributed by atoms with Crippen LogP contribution in [0.2, 0.25) is 0 Å². The fraction of sp³-hybridized carbons (Fsp3) is 0.500. The number of rotatable bonds is 2. The second kappa shape index (κ2) is 4.45. The maximum Gasteiger partial charge on any atom is 0.0928 e. The monoisotopic (exact) mass is 223 g/mol. The summed E-state index contributed by atoms with van der Waals surface area (Å²) in [5.41, 5.74) is 8.65. The normalized spacial score (nSPS) is 22.9. The topological polar surface area (TPSA) is 46.2 Å². The predicted octanol–water partition coefficient (Wildman–Crippen LogP) is 2.51. The van der Waals surface area contributed by atoms with Gasteiger partial charge in [-0.3, -0.25) is 0 Å². The minimum Gasteiger partial charge on any atom is -0.398 e. The molecule has 1 saturated heterocycles. The lowest BCUT2D eigenvalue weighted by atomic mass is 10.00. The predicted molar refractivity (Wildman–Crippen MR) is 66.0 cm³/mol. The van der Waals surface area contributed by atoms with Gasteiger partial charge in [-0.05, 0) is 31.6 Å². The first-order chi connectivity index (χ1) is 7.18. The van der Waals surface area contributed by atoms with E-state index >= 15 is 0 Å². The van der Waals surface area contributed by atoms with E-state index in [9.17, 15) is 5.11 Å². The van der Waals surface area contributed by atoms with Gasteiger partial charge in [-0.15, -0.1) is 0 Å². The zero-order chi connectivity index (χ0) is 10.8. The molecule has 1 aromatic rings. The lowest BCUT2D eigenvalue weighted by Crippen LogP contribution is -2.13. The molecule has 0 radical (unpaired) electrons. The van der Waals surface area contributed by atoms with Crippen molar-refractivity contribution in [3.8, 4) is 0 Å². The van der Waals surface area contributed by atoms with Gasteiger partial charge < -0.3 is 10.8 Å². The van der Waals surface area contributed by atoms with E-state index in [2.05, 4.69) is 0 Å². The molecule has 0 spiro atoms. The molecule has 15 heavy (non-hydrogen) atoms. The summed E-state index contributed by atoms with van der Waals surface area (Å²) < 4.78 is 0. The van der Waals surface area contributed by atoms with Gasteiger partial charge in [-0.1, -0.05) is 17.7 Å². The first kappa shape index (κ1) is 10.8. The van der Waals surface area contributed by atoms with E-state index in [0.717, 1.165) is 23.3 Å². The van der Waals surface area contributed by atoms with Crippen LogP contribution in [-0.4, -0.2) is 16.1 Å². The third-order valence-electron chi connectivity index (χ3n) is 2.88. The van der Waals surface area contributed by atoms with Gasteiger partial charge in [0.2, 0.25) is 0 Å². The van der Waals surface area contributed by atoms with Gasteiger partial charge in [-0.2, -0.15) is 11.8 Å². The summed E-state index contributed by atoms with van der Waals surface area (Å²) in [6.45, 7) is 2.03. The molecule has 82 valence electrons. The van der Waals surface area contributed by atoms with Crippen molar-refractivity contribution in [2.24, 2.45) is 0 Å². The van der Waals surface area contributed by atoms with Gasteiger partial charge in [0.25, 0.3) is 0 Å². The van der Waals surface area contributed by atoms with Crippen LogP contribution in [0.4, 0.5) is 5.69 Å². The first-order valence-corrected chi connectivity index (χ1v) is 6.39. The zero-order valence-corrected chi connectivity index (χ0v) is 9.76. The molecule has 2 rings (SSSR count). The first-order valence-electron chi connectivity index (χ1n) is 5.34. The number of benzene rings is 1. The summed E-state index contributed by atoms with van der Waals surface area (Å²) in [5.74, 6) is 1.16. The molecule has 2 nitrogen and oxygen atoms in total. The highest BCUT2D eigenvalue weighted by Gasteiger charge is 2.26. The average molecular weight is 223 g/mol. The number of nitrogens with two attached hydrogens (primary N) is 1. The van der Waals surface area contributed by atoms with Gasteiger partial charge in [0.05, 0.1) is 6.10 Å². The summed E-state index contributed by atoms with van der Waals surface area (Å²) >= 11 is 1.85. The van der Waals surface area contributed by atoms with Crippen LogP contribution in [0.5, 0.6) is 0 Å². The number of hydrogen-bond donors (Lipinski definition) is 2. The van der Waals surface area contributed by atoms with E-state index in [4.69, 9.17) is 5.73 Å². The van der Waals surface area contributed by atoms with Crippen LogP contribution >= 0.6 is 11.8 Å². The van der Waals surface area contributed by atoms with Crippen LogP contribution in [0.1, 0.15) is 30.1 Å². The van der Waals surface area contributed by atoms with Crippen LogP contribution in [0.25, 0.3) is 0 Å². The van der Waals surface area contributed by atoms with Crippen LogP contribution in [0, 0.1) is 6.92 Å². The molecule has 0 bridgehead atoms. The molecule has 3 N–H and O–H groups in total. The Morgan fingerprint density at radius 3 is 3.00 bits per heavy atom. The van der Waals surface area contributed by atoms with Crippen LogP contribution in [-0.2, 0) is 0 Å². The minimum atomic E-state index is -0.405. The molecular formula is C12H17NOS. The van der Waals surface area contributed by atoms with Crippen molar-refractivity contribution < 1.29 is 5.11 Å². The third kappa shape index (κ3) is 2.29. The number of thioether (sulfide) groups is 1. The largest absolute Gasteiger partial charge is 0.398 e. The van der Waals surface area contributed by atoms with Gasteiger partial charge in [0.15, 0.2) is 0 Å². The Morgan fingerprint density at radius 2 is 2.33 bits per heavy atom. The maximum atomic E-state index is 10.2. The van der Waals surface area contributed by atoms with E-state index < -0.39 is 6.10 Å². The SMILES string of the molecule is Cc1ccc(N)c(C(O)C2CCCS2)c1. The summed E-state index contributed by atoms with van der Waals surface area (Å²) in [5, 5.41) is 10.6. The molecule has 1 aliphatic heterocycles.